The zero-order valence-electron chi connectivity index (χ0n) is 13.5. The summed E-state index contributed by atoms with van der Waals surface area (Å²) in [5.74, 6) is 0.611. The van der Waals surface area contributed by atoms with Gasteiger partial charge < -0.3 is 5.32 Å². The first-order valence-corrected chi connectivity index (χ1v) is 8.55. The standard InChI is InChI=1S/C17H27BrN2O/c1-5-20(6-2)14(11-13(3)4)12-19-17(21)15-9-7-8-10-16(15)18/h7-10,13-14H,5-6,11-12H2,1-4H3,(H,19,21)/t14-/m1/s1. The summed E-state index contributed by atoms with van der Waals surface area (Å²) in [6.07, 6.45) is 1.10. The lowest BCUT2D eigenvalue weighted by Gasteiger charge is -2.31. The maximum absolute atomic E-state index is 12.3. The van der Waals surface area contributed by atoms with Crippen molar-refractivity contribution in [3.63, 3.8) is 0 Å². The van der Waals surface area contributed by atoms with E-state index in [0.29, 0.717) is 24.1 Å². The second-order valence-corrected chi connectivity index (χ2v) is 6.55. The summed E-state index contributed by atoms with van der Waals surface area (Å²) in [5, 5.41) is 3.08. The number of carbonyl (C=O) groups excluding carboxylic acids is 1. The lowest BCUT2D eigenvalue weighted by atomic mass is 10.0. The molecule has 0 saturated heterocycles. The van der Waals surface area contributed by atoms with Gasteiger partial charge in [0.1, 0.15) is 0 Å². The molecule has 1 N–H and O–H groups in total. The number of hydrogen-bond acceptors (Lipinski definition) is 2. The monoisotopic (exact) mass is 354 g/mol. The predicted octanol–water partition coefficient (Wildman–Crippen LogP) is 3.94. The van der Waals surface area contributed by atoms with Crippen LogP contribution in [0.2, 0.25) is 0 Å². The molecule has 0 saturated carbocycles. The van der Waals surface area contributed by atoms with Gasteiger partial charge >= 0.3 is 0 Å². The van der Waals surface area contributed by atoms with Gasteiger partial charge in [-0.3, -0.25) is 9.69 Å². The quantitative estimate of drug-likeness (QED) is 0.766. The number of nitrogens with one attached hydrogen (secondary N) is 1. The van der Waals surface area contributed by atoms with E-state index in [0.717, 1.165) is 24.0 Å². The zero-order chi connectivity index (χ0) is 15.8. The van der Waals surface area contributed by atoms with Crippen LogP contribution in [0.25, 0.3) is 0 Å². The van der Waals surface area contributed by atoms with Gasteiger partial charge in [0, 0.05) is 17.1 Å². The molecule has 0 spiro atoms. The molecular formula is C17H27BrN2O. The smallest absolute Gasteiger partial charge is 0.252 e. The van der Waals surface area contributed by atoms with Crippen molar-refractivity contribution in [1.29, 1.82) is 0 Å². The minimum atomic E-state index is -0.0108. The summed E-state index contributed by atoms with van der Waals surface area (Å²) in [7, 11) is 0. The first-order chi connectivity index (χ1) is 9.99. The largest absolute Gasteiger partial charge is 0.350 e. The second kappa shape index (κ2) is 9.21. The van der Waals surface area contributed by atoms with E-state index in [1.165, 1.54) is 0 Å². The Morgan fingerprint density at radius 2 is 1.86 bits per heavy atom. The minimum Gasteiger partial charge on any atom is -0.350 e. The number of halogens is 1. The average Bonchev–Trinajstić information content (AvgIpc) is 2.45. The van der Waals surface area contributed by atoms with Crippen LogP contribution in [-0.4, -0.2) is 36.5 Å². The van der Waals surface area contributed by atoms with E-state index in [4.69, 9.17) is 0 Å². The van der Waals surface area contributed by atoms with Crippen molar-refractivity contribution in [2.75, 3.05) is 19.6 Å². The van der Waals surface area contributed by atoms with Crippen molar-refractivity contribution < 1.29 is 4.79 Å². The normalized spacial score (nSPS) is 12.7. The number of amides is 1. The molecule has 0 unspecified atom stereocenters. The fraction of sp³-hybridized carbons (Fsp3) is 0.588. The van der Waals surface area contributed by atoms with Crippen molar-refractivity contribution in [2.45, 2.75) is 40.2 Å². The van der Waals surface area contributed by atoms with Gasteiger partial charge in [-0.05, 0) is 53.5 Å². The SMILES string of the molecule is CCN(CC)[C@@H](CNC(=O)c1ccccc1Br)CC(C)C. The van der Waals surface area contributed by atoms with Crippen molar-refractivity contribution in [3.8, 4) is 0 Å². The highest BCUT2D eigenvalue weighted by Gasteiger charge is 2.18. The van der Waals surface area contributed by atoms with E-state index in [-0.39, 0.29) is 5.91 Å². The van der Waals surface area contributed by atoms with Crippen LogP contribution in [0.1, 0.15) is 44.5 Å². The Morgan fingerprint density at radius 3 is 2.38 bits per heavy atom. The van der Waals surface area contributed by atoms with Gasteiger partial charge in [-0.25, -0.2) is 0 Å². The third-order valence-corrected chi connectivity index (χ3v) is 4.38. The van der Waals surface area contributed by atoms with Crippen LogP contribution in [0.5, 0.6) is 0 Å². The molecule has 4 heteroatoms. The number of carbonyl (C=O) groups is 1. The topological polar surface area (TPSA) is 32.3 Å². The van der Waals surface area contributed by atoms with Crippen molar-refractivity contribution in [3.05, 3.63) is 34.3 Å². The molecular weight excluding hydrogens is 328 g/mol. The van der Waals surface area contributed by atoms with E-state index in [2.05, 4.69) is 53.8 Å². The molecule has 0 aliphatic rings. The molecule has 1 atom stereocenters. The first kappa shape index (κ1) is 18.2. The van der Waals surface area contributed by atoms with Crippen molar-refractivity contribution >= 4 is 21.8 Å². The Hall–Kier alpha value is -0.870. The van der Waals surface area contributed by atoms with Gasteiger partial charge in [-0.1, -0.05) is 39.8 Å². The fourth-order valence-corrected chi connectivity index (χ4v) is 3.06. The summed E-state index contributed by atoms with van der Waals surface area (Å²) >= 11 is 3.43. The molecule has 0 bridgehead atoms. The summed E-state index contributed by atoms with van der Waals surface area (Å²) < 4.78 is 0.839. The molecule has 0 radical (unpaired) electrons. The van der Waals surface area contributed by atoms with Crippen LogP contribution in [0, 0.1) is 5.92 Å². The summed E-state index contributed by atoms with van der Waals surface area (Å²) in [6.45, 7) is 11.5. The maximum atomic E-state index is 12.3. The fourth-order valence-electron chi connectivity index (χ4n) is 2.60. The van der Waals surface area contributed by atoms with Gasteiger partial charge in [0.2, 0.25) is 0 Å². The molecule has 1 aromatic rings. The number of likely N-dealkylation sites (N-methyl/N-ethyl adjacent to an activating group) is 1. The second-order valence-electron chi connectivity index (χ2n) is 5.69. The van der Waals surface area contributed by atoms with Gasteiger partial charge in [0.15, 0.2) is 0 Å². The summed E-state index contributed by atoms with van der Waals surface area (Å²) in [4.78, 5) is 14.7. The highest BCUT2D eigenvalue weighted by atomic mass is 79.9. The highest BCUT2D eigenvalue weighted by molar-refractivity contribution is 9.10. The van der Waals surface area contributed by atoms with Crippen LogP contribution in [0.15, 0.2) is 28.7 Å². The molecule has 1 amide bonds. The van der Waals surface area contributed by atoms with E-state index >= 15 is 0 Å². The zero-order valence-corrected chi connectivity index (χ0v) is 15.1. The Morgan fingerprint density at radius 1 is 1.24 bits per heavy atom. The molecule has 0 aromatic heterocycles. The molecule has 0 heterocycles. The van der Waals surface area contributed by atoms with Crippen LogP contribution in [0.4, 0.5) is 0 Å². The van der Waals surface area contributed by atoms with E-state index in [1.54, 1.807) is 0 Å². The van der Waals surface area contributed by atoms with Gasteiger partial charge in [0.05, 0.1) is 5.56 Å². The van der Waals surface area contributed by atoms with E-state index in [9.17, 15) is 4.79 Å². The van der Waals surface area contributed by atoms with Gasteiger partial charge in [0.25, 0.3) is 5.91 Å². The maximum Gasteiger partial charge on any atom is 0.252 e. The van der Waals surface area contributed by atoms with Gasteiger partial charge in [-0.2, -0.15) is 0 Å². The highest BCUT2D eigenvalue weighted by Crippen LogP contribution is 2.16. The number of rotatable bonds is 8. The third-order valence-electron chi connectivity index (χ3n) is 3.69. The Labute approximate surface area is 137 Å². The Kier molecular flexibility index (Phi) is 7.97. The summed E-state index contributed by atoms with van der Waals surface area (Å²) in [6, 6.07) is 7.93. The number of hydrogen-bond donors (Lipinski definition) is 1. The predicted molar refractivity (Wildman–Crippen MR) is 92.6 cm³/mol. The van der Waals surface area contributed by atoms with Crippen molar-refractivity contribution in [1.82, 2.24) is 10.2 Å². The van der Waals surface area contributed by atoms with Crippen LogP contribution >= 0.6 is 15.9 Å². The van der Waals surface area contributed by atoms with Crippen LogP contribution in [-0.2, 0) is 0 Å². The Bertz CT molecular complexity index is 444. The third kappa shape index (κ3) is 5.79. The van der Waals surface area contributed by atoms with Crippen LogP contribution in [0.3, 0.4) is 0 Å². The van der Waals surface area contributed by atoms with E-state index < -0.39 is 0 Å². The summed E-state index contributed by atoms with van der Waals surface area (Å²) in [5.41, 5.74) is 0.695. The minimum absolute atomic E-state index is 0.0108. The van der Waals surface area contributed by atoms with Crippen molar-refractivity contribution in [2.24, 2.45) is 5.92 Å². The molecule has 1 aromatic carbocycles. The molecule has 21 heavy (non-hydrogen) atoms. The number of nitrogens with zero attached hydrogens (tertiary/aromatic N) is 1. The Balaban J connectivity index is 2.68. The first-order valence-electron chi connectivity index (χ1n) is 7.76. The average molecular weight is 355 g/mol. The molecule has 0 aliphatic heterocycles. The molecule has 118 valence electrons. The molecule has 0 fully saturated rings. The molecule has 0 aliphatic carbocycles. The lowest BCUT2D eigenvalue weighted by Crippen LogP contribution is -2.44. The number of benzene rings is 1. The van der Waals surface area contributed by atoms with Gasteiger partial charge in [-0.15, -0.1) is 0 Å². The molecule has 1 rings (SSSR count). The van der Waals surface area contributed by atoms with E-state index in [1.807, 2.05) is 24.3 Å². The van der Waals surface area contributed by atoms with Crippen LogP contribution < -0.4 is 5.32 Å². The molecule has 3 nitrogen and oxygen atoms in total. The lowest BCUT2D eigenvalue weighted by molar-refractivity contribution is 0.0928.